The summed E-state index contributed by atoms with van der Waals surface area (Å²) in [5.74, 6) is 0. The standard InChI is InChI=1S/C10H10F3N3O/c1-2-5-16-7(3-4-14)6-8(10(11,12)13)15-9(16)17/h2,6-7H,1,3,5H2,(H,15,17). The molecule has 0 radical (unpaired) electrons. The number of hydrogen-bond acceptors (Lipinski definition) is 2. The molecule has 2 amide bonds. The second-order valence-corrected chi connectivity index (χ2v) is 3.38. The molecule has 1 aliphatic heterocycles. The highest BCUT2D eigenvalue weighted by atomic mass is 19.4. The molecule has 92 valence electrons. The number of carbonyl (C=O) groups excluding carboxylic acids is 1. The number of halogens is 3. The molecule has 0 aliphatic carbocycles. The molecule has 1 atom stereocenters. The van der Waals surface area contributed by atoms with Gasteiger partial charge in [0.25, 0.3) is 0 Å². The van der Waals surface area contributed by atoms with E-state index in [2.05, 4.69) is 6.58 Å². The summed E-state index contributed by atoms with van der Waals surface area (Å²) in [5, 5.41) is 10.3. The van der Waals surface area contributed by atoms with Crippen molar-refractivity contribution < 1.29 is 18.0 Å². The van der Waals surface area contributed by atoms with Crippen molar-refractivity contribution in [1.82, 2.24) is 10.2 Å². The molecule has 17 heavy (non-hydrogen) atoms. The summed E-state index contributed by atoms with van der Waals surface area (Å²) in [5.41, 5.74) is -1.12. The quantitative estimate of drug-likeness (QED) is 0.772. The topological polar surface area (TPSA) is 56.1 Å². The summed E-state index contributed by atoms with van der Waals surface area (Å²) in [6, 6.07) is -0.0103. The van der Waals surface area contributed by atoms with Crippen LogP contribution in [0, 0.1) is 11.3 Å². The molecule has 0 aromatic heterocycles. The number of amides is 2. The Labute approximate surface area is 96.0 Å². The second kappa shape index (κ2) is 4.91. The van der Waals surface area contributed by atoms with Gasteiger partial charge in [0.2, 0.25) is 0 Å². The average molecular weight is 245 g/mol. The van der Waals surface area contributed by atoms with Crippen molar-refractivity contribution >= 4 is 6.03 Å². The highest BCUT2D eigenvalue weighted by molar-refractivity contribution is 5.78. The Kier molecular flexibility index (Phi) is 3.78. The first-order valence-electron chi connectivity index (χ1n) is 4.74. The number of nitrogens with one attached hydrogen (secondary N) is 1. The van der Waals surface area contributed by atoms with Gasteiger partial charge in [-0.1, -0.05) is 6.08 Å². The van der Waals surface area contributed by atoms with Gasteiger partial charge >= 0.3 is 12.2 Å². The lowest BCUT2D eigenvalue weighted by molar-refractivity contribution is -0.0974. The van der Waals surface area contributed by atoms with Crippen molar-refractivity contribution in [3.63, 3.8) is 0 Å². The molecule has 0 saturated carbocycles. The van der Waals surface area contributed by atoms with Crippen LogP contribution in [0.4, 0.5) is 18.0 Å². The minimum absolute atomic E-state index is 0.0832. The maximum Gasteiger partial charge on any atom is 0.431 e. The van der Waals surface area contributed by atoms with E-state index in [1.807, 2.05) is 0 Å². The third kappa shape index (κ3) is 3.00. The number of rotatable bonds is 3. The van der Waals surface area contributed by atoms with E-state index in [-0.39, 0.29) is 13.0 Å². The van der Waals surface area contributed by atoms with E-state index in [4.69, 9.17) is 5.26 Å². The van der Waals surface area contributed by atoms with Crippen molar-refractivity contribution in [2.45, 2.75) is 18.6 Å². The van der Waals surface area contributed by atoms with Crippen LogP contribution >= 0.6 is 0 Å². The van der Waals surface area contributed by atoms with Gasteiger partial charge in [0.05, 0.1) is 18.5 Å². The smallest absolute Gasteiger partial charge is 0.313 e. The number of nitrogens with zero attached hydrogens (tertiary/aromatic N) is 2. The van der Waals surface area contributed by atoms with Crippen molar-refractivity contribution in [3.05, 3.63) is 24.4 Å². The zero-order valence-electron chi connectivity index (χ0n) is 8.79. The summed E-state index contributed by atoms with van der Waals surface area (Å²) in [6.45, 7) is 3.49. The van der Waals surface area contributed by atoms with Crippen LogP contribution in [0.3, 0.4) is 0 Å². The van der Waals surface area contributed by atoms with Gasteiger partial charge in [0.15, 0.2) is 0 Å². The third-order valence-electron chi connectivity index (χ3n) is 2.19. The van der Waals surface area contributed by atoms with Gasteiger partial charge in [-0.15, -0.1) is 6.58 Å². The van der Waals surface area contributed by atoms with Crippen molar-refractivity contribution in [2.75, 3.05) is 6.54 Å². The zero-order valence-corrected chi connectivity index (χ0v) is 8.79. The highest BCUT2D eigenvalue weighted by Gasteiger charge is 2.40. The molecule has 1 rings (SSSR count). The van der Waals surface area contributed by atoms with E-state index < -0.39 is 23.9 Å². The van der Waals surface area contributed by atoms with Crippen molar-refractivity contribution in [1.29, 1.82) is 5.26 Å². The van der Waals surface area contributed by atoms with Crippen LogP contribution in [0.15, 0.2) is 24.4 Å². The van der Waals surface area contributed by atoms with Crippen molar-refractivity contribution in [3.8, 4) is 6.07 Å². The van der Waals surface area contributed by atoms with Crippen LogP contribution in [-0.2, 0) is 0 Å². The molecule has 4 nitrogen and oxygen atoms in total. The summed E-state index contributed by atoms with van der Waals surface area (Å²) < 4.78 is 37.3. The largest absolute Gasteiger partial charge is 0.431 e. The Morgan fingerprint density at radius 1 is 1.65 bits per heavy atom. The molecular formula is C10H10F3N3O. The first kappa shape index (κ1) is 13.1. The fourth-order valence-corrected chi connectivity index (χ4v) is 1.45. The molecule has 0 aromatic carbocycles. The van der Waals surface area contributed by atoms with Crippen LogP contribution in [0.25, 0.3) is 0 Å². The number of allylic oxidation sites excluding steroid dienone is 1. The predicted molar refractivity (Wildman–Crippen MR) is 53.6 cm³/mol. The zero-order chi connectivity index (χ0) is 13.1. The fourth-order valence-electron chi connectivity index (χ4n) is 1.45. The molecular weight excluding hydrogens is 235 g/mol. The van der Waals surface area contributed by atoms with E-state index in [9.17, 15) is 18.0 Å². The molecule has 1 N–H and O–H groups in total. The SMILES string of the molecule is C=CCN1C(=O)NC(C(F)(F)F)=CC1CC#N. The van der Waals surface area contributed by atoms with Gasteiger partial charge < -0.3 is 10.2 Å². The number of nitriles is 1. The predicted octanol–water partition coefficient (Wildman–Crippen LogP) is 1.93. The highest BCUT2D eigenvalue weighted by Crippen LogP contribution is 2.27. The molecule has 0 fully saturated rings. The number of urea groups is 1. The summed E-state index contributed by atoms with van der Waals surface area (Å²) in [4.78, 5) is 12.6. The lowest BCUT2D eigenvalue weighted by atomic mass is 10.1. The maximum atomic E-state index is 12.4. The Morgan fingerprint density at radius 3 is 2.76 bits per heavy atom. The Bertz CT molecular complexity index is 395. The van der Waals surface area contributed by atoms with E-state index in [0.29, 0.717) is 0 Å². The first-order valence-corrected chi connectivity index (χ1v) is 4.74. The third-order valence-corrected chi connectivity index (χ3v) is 2.19. The minimum Gasteiger partial charge on any atom is -0.313 e. The molecule has 0 bridgehead atoms. The van der Waals surface area contributed by atoms with E-state index in [0.717, 1.165) is 11.0 Å². The molecule has 0 aromatic rings. The number of hydrogen-bond donors (Lipinski definition) is 1. The molecule has 1 aliphatic rings. The van der Waals surface area contributed by atoms with Gasteiger partial charge in [0, 0.05) is 6.54 Å². The normalized spacial score (nSPS) is 20.4. The lowest BCUT2D eigenvalue weighted by Gasteiger charge is -2.33. The molecule has 1 heterocycles. The van der Waals surface area contributed by atoms with E-state index >= 15 is 0 Å². The number of alkyl halides is 3. The average Bonchev–Trinajstić information content (AvgIpc) is 2.21. The molecule has 7 heteroatoms. The second-order valence-electron chi connectivity index (χ2n) is 3.38. The van der Waals surface area contributed by atoms with Gasteiger partial charge in [-0.25, -0.2) is 4.79 Å². The van der Waals surface area contributed by atoms with Crippen LogP contribution in [0.5, 0.6) is 0 Å². The maximum absolute atomic E-state index is 12.4. The van der Waals surface area contributed by atoms with E-state index in [1.165, 1.54) is 6.08 Å². The Hall–Kier alpha value is -1.97. The number of carbonyl (C=O) groups is 1. The Balaban J connectivity index is 3.02. The van der Waals surface area contributed by atoms with Crippen molar-refractivity contribution in [2.24, 2.45) is 0 Å². The van der Waals surface area contributed by atoms with Crippen LogP contribution in [-0.4, -0.2) is 29.7 Å². The van der Waals surface area contributed by atoms with Gasteiger partial charge in [-0.2, -0.15) is 18.4 Å². The monoisotopic (exact) mass is 245 g/mol. The molecule has 1 unspecified atom stereocenters. The molecule has 0 spiro atoms. The van der Waals surface area contributed by atoms with E-state index in [1.54, 1.807) is 11.4 Å². The van der Waals surface area contributed by atoms with Gasteiger partial charge in [0.1, 0.15) is 5.70 Å². The fraction of sp³-hybridized carbons (Fsp3) is 0.400. The minimum atomic E-state index is -4.62. The van der Waals surface area contributed by atoms with Crippen LogP contribution in [0.2, 0.25) is 0 Å². The lowest BCUT2D eigenvalue weighted by Crippen LogP contribution is -2.51. The molecule has 0 saturated heterocycles. The first-order chi connectivity index (χ1) is 7.90. The Morgan fingerprint density at radius 2 is 2.29 bits per heavy atom. The van der Waals surface area contributed by atoms with Gasteiger partial charge in [-0.05, 0) is 6.08 Å². The van der Waals surface area contributed by atoms with Gasteiger partial charge in [-0.3, -0.25) is 0 Å². The summed E-state index contributed by atoms with van der Waals surface area (Å²) in [6.07, 6.45) is -2.59. The van der Waals surface area contributed by atoms with Crippen LogP contribution in [0.1, 0.15) is 6.42 Å². The summed E-state index contributed by atoms with van der Waals surface area (Å²) in [7, 11) is 0. The van der Waals surface area contributed by atoms with Crippen LogP contribution < -0.4 is 5.32 Å². The summed E-state index contributed by atoms with van der Waals surface area (Å²) >= 11 is 0.